The SMILES string of the molecule is COC(=O)[C@H](CCCC#N)NC(=O)c1ccc(C(C)(C)C)cc1. The number of methoxy groups -OCH3 is 1. The minimum Gasteiger partial charge on any atom is -0.467 e. The highest BCUT2D eigenvalue weighted by Gasteiger charge is 2.22. The van der Waals surface area contributed by atoms with Gasteiger partial charge < -0.3 is 10.1 Å². The topological polar surface area (TPSA) is 79.2 Å². The van der Waals surface area contributed by atoms with Crippen LogP contribution in [-0.4, -0.2) is 25.0 Å². The standard InChI is InChI=1S/C18H24N2O3/c1-18(2,3)14-10-8-13(9-11-14)16(21)20-15(17(22)23-4)7-5-6-12-19/h8-11,15H,5-7H2,1-4H3,(H,20,21)/t15-/m0/s1. The number of carbonyl (C=O) groups is 2. The fourth-order valence-electron chi connectivity index (χ4n) is 2.14. The van der Waals surface area contributed by atoms with E-state index in [0.717, 1.165) is 5.56 Å². The van der Waals surface area contributed by atoms with E-state index in [-0.39, 0.29) is 11.3 Å². The number of hydrogen-bond donors (Lipinski definition) is 1. The molecule has 1 amide bonds. The molecule has 0 aliphatic heterocycles. The zero-order valence-electron chi connectivity index (χ0n) is 14.2. The Balaban J connectivity index is 2.78. The summed E-state index contributed by atoms with van der Waals surface area (Å²) in [5.41, 5.74) is 1.64. The molecule has 5 heteroatoms. The number of nitrogens with one attached hydrogen (secondary N) is 1. The second kappa shape index (κ2) is 8.33. The van der Waals surface area contributed by atoms with Crippen LogP contribution in [0.3, 0.4) is 0 Å². The van der Waals surface area contributed by atoms with Crippen molar-refractivity contribution in [3.05, 3.63) is 35.4 Å². The molecule has 0 saturated heterocycles. The number of carbonyl (C=O) groups excluding carboxylic acids is 2. The molecule has 1 aromatic carbocycles. The predicted octanol–water partition coefficient (Wildman–Crippen LogP) is 2.95. The van der Waals surface area contributed by atoms with Gasteiger partial charge in [-0.1, -0.05) is 32.9 Å². The number of amides is 1. The molecule has 0 aliphatic rings. The van der Waals surface area contributed by atoms with Crippen molar-refractivity contribution in [3.63, 3.8) is 0 Å². The minimum absolute atomic E-state index is 0.0147. The van der Waals surface area contributed by atoms with Crippen molar-refractivity contribution in [2.24, 2.45) is 0 Å². The summed E-state index contributed by atoms with van der Waals surface area (Å²) in [6, 6.07) is 8.62. The molecule has 0 fully saturated rings. The average Bonchev–Trinajstić information content (AvgIpc) is 2.52. The van der Waals surface area contributed by atoms with E-state index < -0.39 is 12.0 Å². The summed E-state index contributed by atoms with van der Waals surface area (Å²) in [5, 5.41) is 11.3. The number of rotatable bonds is 6. The van der Waals surface area contributed by atoms with Gasteiger partial charge in [-0.2, -0.15) is 5.26 Å². The Morgan fingerprint density at radius 3 is 2.35 bits per heavy atom. The van der Waals surface area contributed by atoms with Crippen LogP contribution in [-0.2, 0) is 14.9 Å². The number of unbranched alkanes of at least 4 members (excludes halogenated alkanes) is 1. The molecule has 0 spiro atoms. The van der Waals surface area contributed by atoms with Crippen molar-refractivity contribution < 1.29 is 14.3 Å². The summed E-state index contributed by atoms with van der Waals surface area (Å²) in [5.74, 6) is -0.819. The molecule has 0 bridgehead atoms. The molecule has 124 valence electrons. The Hall–Kier alpha value is -2.35. The van der Waals surface area contributed by atoms with E-state index in [0.29, 0.717) is 24.8 Å². The van der Waals surface area contributed by atoms with Crippen molar-refractivity contribution >= 4 is 11.9 Å². The van der Waals surface area contributed by atoms with Crippen molar-refractivity contribution in [2.75, 3.05) is 7.11 Å². The maximum atomic E-state index is 12.3. The van der Waals surface area contributed by atoms with Crippen LogP contribution >= 0.6 is 0 Å². The van der Waals surface area contributed by atoms with Crippen LogP contribution in [0.2, 0.25) is 0 Å². The number of esters is 1. The third kappa shape index (κ3) is 5.74. The van der Waals surface area contributed by atoms with Gasteiger partial charge in [0, 0.05) is 12.0 Å². The van der Waals surface area contributed by atoms with Gasteiger partial charge in [0.05, 0.1) is 13.2 Å². The van der Waals surface area contributed by atoms with Gasteiger partial charge in [-0.3, -0.25) is 4.79 Å². The molecule has 23 heavy (non-hydrogen) atoms. The lowest BCUT2D eigenvalue weighted by Gasteiger charge is -2.19. The second-order valence-electron chi connectivity index (χ2n) is 6.43. The fraction of sp³-hybridized carbons (Fsp3) is 0.500. The number of ether oxygens (including phenoxy) is 1. The smallest absolute Gasteiger partial charge is 0.328 e. The van der Waals surface area contributed by atoms with Crippen molar-refractivity contribution in [2.45, 2.75) is 51.5 Å². The van der Waals surface area contributed by atoms with Crippen molar-refractivity contribution in [1.82, 2.24) is 5.32 Å². The number of benzene rings is 1. The Labute approximate surface area is 137 Å². The van der Waals surface area contributed by atoms with E-state index in [1.54, 1.807) is 12.1 Å². The molecule has 0 saturated carbocycles. The molecule has 1 aromatic rings. The lowest BCUT2D eigenvalue weighted by molar-refractivity contribution is -0.143. The van der Waals surface area contributed by atoms with Gasteiger partial charge in [0.15, 0.2) is 0 Å². The predicted molar refractivity (Wildman–Crippen MR) is 87.9 cm³/mol. The normalized spacial score (nSPS) is 12.1. The van der Waals surface area contributed by atoms with Crippen LogP contribution in [0.15, 0.2) is 24.3 Å². The quantitative estimate of drug-likeness (QED) is 0.646. The van der Waals surface area contributed by atoms with Gasteiger partial charge in [0.2, 0.25) is 0 Å². The molecule has 5 nitrogen and oxygen atoms in total. The largest absolute Gasteiger partial charge is 0.467 e. The fourth-order valence-corrected chi connectivity index (χ4v) is 2.14. The highest BCUT2D eigenvalue weighted by Crippen LogP contribution is 2.22. The molecule has 0 aliphatic carbocycles. The van der Waals surface area contributed by atoms with Crippen molar-refractivity contribution in [3.8, 4) is 6.07 Å². The Morgan fingerprint density at radius 2 is 1.87 bits per heavy atom. The summed E-state index contributed by atoms with van der Waals surface area (Å²) >= 11 is 0. The molecule has 0 heterocycles. The van der Waals surface area contributed by atoms with E-state index in [4.69, 9.17) is 10.00 Å². The molecule has 1 N–H and O–H groups in total. The summed E-state index contributed by atoms with van der Waals surface area (Å²) in [4.78, 5) is 24.0. The molecule has 1 atom stereocenters. The molecular formula is C18H24N2O3. The van der Waals surface area contributed by atoms with Crippen LogP contribution in [0.5, 0.6) is 0 Å². The first kappa shape index (κ1) is 18.7. The average molecular weight is 316 g/mol. The molecule has 0 aromatic heterocycles. The van der Waals surface area contributed by atoms with Crippen molar-refractivity contribution in [1.29, 1.82) is 5.26 Å². The van der Waals surface area contributed by atoms with Crippen LogP contribution in [0.4, 0.5) is 0 Å². The van der Waals surface area contributed by atoms with Crippen LogP contribution < -0.4 is 5.32 Å². The number of nitriles is 1. The van der Waals surface area contributed by atoms with Gasteiger partial charge in [0.1, 0.15) is 6.04 Å². The van der Waals surface area contributed by atoms with E-state index in [9.17, 15) is 9.59 Å². The van der Waals surface area contributed by atoms with Gasteiger partial charge in [-0.25, -0.2) is 4.79 Å². The third-order valence-electron chi connectivity index (χ3n) is 3.59. The Bertz CT molecular complexity index is 580. The Kier molecular flexibility index (Phi) is 6.77. The van der Waals surface area contributed by atoms with E-state index >= 15 is 0 Å². The minimum atomic E-state index is -0.733. The summed E-state index contributed by atoms with van der Waals surface area (Å²) in [7, 11) is 1.28. The maximum absolute atomic E-state index is 12.3. The lowest BCUT2D eigenvalue weighted by Crippen LogP contribution is -2.41. The van der Waals surface area contributed by atoms with E-state index in [2.05, 4.69) is 26.1 Å². The highest BCUT2D eigenvalue weighted by molar-refractivity contribution is 5.96. The first-order chi connectivity index (χ1) is 10.8. The maximum Gasteiger partial charge on any atom is 0.328 e. The van der Waals surface area contributed by atoms with Gasteiger partial charge in [-0.05, 0) is 36.0 Å². The Morgan fingerprint density at radius 1 is 1.26 bits per heavy atom. The number of nitrogens with zero attached hydrogens (tertiary/aromatic N) is 1. The zero-order valence-corrected chi connectivity index (χ0v) is 14.2. The summed E-state index contributed by atoms with van der Waals surface area (Å²) in [6.45, 7) is 6.31. The van der Waals surface area contributed by atoms with Gasteiger partial charge in [0.25, 0.3) is 5.91 Å². The monoisotopic (exact) mass is 316 g/mol. The number of hydrogen-bond acceptors (Lipinski definition) is 4. The molecule has 0 radical (unpaired) electrons. The second-order valence-corrected chi connectivity index (χ2v) is 6.43. The third-order valence-corrected chi connectivity index (χ3v) is 3.59. The van der Waals surface area contributed by atoms with E-state index in [1.165, 1.54) is 7.11 Å². The first-order valence-corrected chi connectivity index (χ1v) is 7.65. The molecule has 1 rings (SSSR count). The zero-order chi connectivity index (χ0) is 17.5. The summed E-state index contributed by atoms with van der Waals surface area (Å²) in [6.07, 6.45) is 1.25. The van der Waals surface area contributed by atoms with Crippen LogP contribution in [0.25, 0.3) is 0 Å². The summed E-state index contributed by atoms with van der Waals surface area (Å²) < 4.78 is 4.71. The van der Waals surface area contributed by atoms with E-state index in [1.807, 2.05) is 18.2 Å². The van der Waals surface area contributed by atoms with Crippen LogP contribution in [0, 0.1) is 11.3 Å². The lowest BCUT2D eigenvalue weighted by atomic mass is 9.86. The molecule has 0 unspecified atom stereocenters. The van der Waals surface area contributed by atoms with Gasteiger partial charge in [-0.15, -0.1) is 0 Å². The first-order valence-electron chi connectivity index (χ1n) is 7.65. The van der Waals surface area contributed by atoms with Crippen LogP contribution in [0.1, 0.15) is 56.0 Å². The highest BCUT2D eigenvalue weighted by atomic mass is 16.5. The molecular weight excluding hydrogens is 292 g/mol. The van der Waals surface area contributed by atoms with Gasteiger partial charge >= 0.3 is 5.97 Å².